The van der Waals surface area contributed by atoms with E-state index in [-0.39, 0.29) is 13.1 Å². The average Bonchev–Trinajstić information content (AvgIpc) is 2.76. The van der Waals surface area contributed by atoms with E-state index in [2.05, 4.69) is 0 Å². The predicted octanol–water partition coefficient (Wildman–Crippen LogP) is 1.68. The van der Waals surface area contributed by atoms with Crippen molar-refractivity contribution in [1.29, 1.82) is 0 Å². The molecule has 0 saturated carbocycles. The van der Waals surface area contributed by atoms with Crippen molar-refractivity contribution in [2.45, 2.75) is 38.4 Å². The van der Waals surface area contributed by atoms with E-state index in [0.717, 1.165) is 12.8 Å². The van der Waals surface area contributed by atoms with Crippen molar-refractivity contribution in [3.8, 4) is 0 Å². The second kappa shape index (κ2) is 6.63. The molecule has 1 atom stereocenters. The number of likely N-dealkylation sites (tertiary alicyclic amines) is 1. The Kier molecular flexibility index (Phi) is 5.44. The number of rotatable bonds is 4. The molecule has 1 N–H and O–H groups in total. The average molecular weight is 282 g/mol. The highest BCUT2D eigenvalue weighted by Gasteiger charge is 2.41. The highest BCUT2D eigenvalue weighted by atomic mass is 19.4. The Balaban J connectivity index is 2.33. The number of halogens is 3. The second-order valence-corrected chi connectivity index (χ2v) is 4.37. The van der Waals surface area contributed by atoms with Gasteiger partial charge in [-0.2, -0.15) is 13.2 Å². The molecule has 0 aromatic heterocycles. The van der Waals surface area contributed by atoms with Crippen molar-refractivity contribution in [2.24, 2.45) is 0 Å². The van der Waals surface area contributed by atoms with Crippen molar-refractivity contribution >= 4 is 12.0 Å². The lowest BCUT2D eigenvalue weighted by atomic mass is 10.2. The molecule has 1 aliphatic rings. The van der Waals surface area contributed by atoms with Gasteiger partial charge in [-0.3, -0.25) is 4.79 Å². The maximum Gasteiger partial charge on any atom is 0.471 e. The molecular weight excluding hydrogens is 265 g/mol. The lowest BCUT2D eigenvalue weighted by Crippen LogP contribution is -2.44. The molecule has 1 rings (SSSR count). The zero-order valence-electron chi connectivity index (χ0n) is 10.6. The summed E-state index contributed by atoms with van der Waals surface area (Å²) in [4.78, 5) is 23.6. The smallest absolute Gasteiger partial charge is 0.449 e. The molecule has 1 heterocycles. The topological polar surface area (TPSA) is 58.6 Å². The van der Waals surface area contributed by atoms with Crippen LogP contribution in [0.3, 0.4) is 0 Å². The summed E-state index contributed by atoms with van der Waals surface area (Å²) in [6, 6.07) is -0.673. The maximum atomic E-state index is 12.0. The SMILES string of the molecule is CCCCOC(=O)N1CC[C@H](NC(=O)C(F)(F)F)C1. The van der Waals surface area contributed by atoms with E-state index < -0.39 is 24.2 Å². The fraction of sp³-hybridized carbons (Fsp3) is 0.818. The van der Waals surface area contributed by atoms with Crippen LogP contribution in [0, 0.1) is 0 Å². The Labute approximate surface area is 109 Å². The van der Waals surface area contributed by atoms with Gasteiger partial charge in [0.1, 0.15) is 0 Å². The fourth-order valence-corrected chi connectivity index (χ4v) is 1.71. The Morgan fingerprint density at radius 3 is 2.68 bits per heavy atom. The van der Waals surface area contributed by atoms with Gasteiger partial charge in [-0.05, 0) is 12.8 Å². The van der Waals surface area contributed by atoms with E-state index in [1.165, 1.54) is 4.90 Å². The summed E-state index contributed by atoms with van der Waals surface area (Å²) in [5.74, 6) is -1.97. The van der Waals surface area contributed by atoms with E-state index in [1.807, 2.05) is 12.2 Å². The molecule has 0 aliphatic carbocycles. The van der Waals surface area contributed by atoms with Gasteiger partial charge in [0.25, 0.3) is 0 Å². The van der Waals surface area contributed by atoms with Gasteiger partial charge in [0.2, 0.25) is 0 Å². The zero-order valence-corrected chi connectivity index (χ0v) is 10.6. The van der Waals surface area contributed by atoms with Crippen molar-refractivity contribution in [3.63, 3.8) is 0 Å². The summed E-state index contributed by atoms with van der Waals surface area (Å²) < 4.78 is 41.1. The molecule has 19 heavy (non-hydrogen) atoms. The number of hydrogen-bond acceptors (Lipinski definition) is 3. The number of ether oxygens (including phenoxy) is 1. The Morgan fingerprint density at radius 2 is 2.11 bits per heavy atom. The van der Waals surface area contributed by atoms with Crippen LogP contribution < -0.4 is 5.32 Å². The fourth-order valence-electron chi connectivity index (χ4n) is 1.71. The number of nitrogens with one attached hydrogen (secondary N) is 1. The van der Waals surface area contributed by atoms with Crippen LogP contribution in [0.5, 0.6) is 0 Å². The van der Waals surface area contributed by atoms with Crippen LogP contribution >= 0.6 is 0 Å². The van der Waals surface area contributed by atoms with Crippen molar-refractivity contribution in [3.05, 3.63) is 0 Å². The van der Waals surface area contributed by atoms with Gasteiger partial charge in [0.15, 0.2) is 0 Å². The molecule has 0 radical (unpaired) electrons. The van der Waals surface area contributed by atoms with Crippen LogP contribution in [0.15, 0.2) is 0 Å². The van der Waals surface area contributed by atoms with Crippen LogP contribution in [0.4, 0.5) is 18.0 Å². The molecule has 1 aliphatic heterocycles. The van der Waals surface area contributed by atoms with E-state index in [1.54, 1.807) is 0 Å². The zero-order chi connectivity index (χ0) is 14.5. The van der Waals surface area contributed by atoms with Gasteiger partial charge in [-0.25, -0.2) is 4.79 Å². The van der Waals surface area contributed by atoms with Crippen LogP contribution in [0.25, 0.3) is 0 Å². The first-order valence-electron chi connectivity index (χ1n) is 6.14. The predicted molar refractivity (Wildman–Crippen MR) is 60.4 cm³/mol. The lowest BCUT2D eigenvalue weighted by molar-refractivity contribution is -0.174. The standard InChI is InChI=1S/C11H17F3N2O3/c1-2-3-6-19-10(18)16-5-4-8(7-16)15-9(17)11(12,13)14/h8H,2-7H2,1H3,(H,15,17)/t8-/m0/s1. The van der Waals surface area contributed by atoms with Gasteiger partial charge in [0.05, 0.1) is 6.61 Å². The molecule has 0 bridgehead atoms. The third kappa shape index (κ3) is 4.96. The van der Waals surface area contributed by atoms with Gasteiger partial charge in [-0.15, -0.1) is 0 Å². The summed E-state index contributed by atoms with van der Waals surface area (Å²) in [5, 5.41) is 1.86. The summed E-state index contributed by atoms with van der Waals surface area (Å²) in [6.45, 7) is 2.58. The monoisotopic (exact) mass is 282 g/mol. The van der Waals surface area contributed by atoms with Crippen molar-refractivity contribution in [1.82, 2.24) is 10.2 Å². The Bertz CT molecular complexity index is 334. The van der Waals surface area contributed by atoms with Crippen molar-refractivity contribution < 1.29 is 27.5 Å². The highest BCUT2D eigenvalue weighted by Crippen LogP contribution is 2.17. The first-order chi connectivity index (χ1) is 8.84. The summed E-state index contributed by atoms with van der Waals surface area (Å²) in [5.41, 5.74) is 0. The number of carbonyl (C=O) groups excluding carboxylic acids is 2. The molecule has 8 heteroatoms. The minimum Gasteiger partial charge on any atom is -0.449 e. The quantitative estimate of drug-likeness (QED) is 0.798. The Morgan fingerprint density at radius 1 is 1.42 bits per heavy atom. The number of unbranched alkanes of at least 4 members (excludes halogenated alkanes) is 1. The molecular formula is C11H17F3N2O3. The molecule has 0 aromatic carbocycles. The number of alkyl halides is 3. The van der Waals surface area contributed by atoms with Crippen molar-refractivity contribution in [2.75, 3.05) is 19.7 Å². The summed E-state index contributed by atoms with van der Waals surface area (Å²) >= 11 is 0. The number of carbonyl (C=O) groups is 2. The van der Waals surface area contributed by atoms with E-state index in [4.69, 9.17) is 4.74 Å². The van der Waals surface area contributed by atoms with Gasteiger partial charge in [-0.1, -0.05) is 13.3 Å². The molecule has 0 aromatic rings. The Hall–Kier alpha value is -1.47. The molecule has 1 saturated heterocycles. The van der Waals surface area contributed by atoms with Crippen LogP contribution in [-0.2, 0) is 9.53 Å². The largest absolute Gasteiger partial charge is 0.471 e. The van der Waals surface area contributed by atoms with Crippen LogP contribution in [0.1, 0.15) is 26.2 Å². The highest BCUT2D eigenvalue weighted by molar-refractivity contribution is 5.82. The van der Waals surface area contributed by atoms with Gasteiger partial charge < -0.3 is 15.0 Å². The first kappa shape index (κ1) is 15.6. The third-order valence-electron chi connectivity index (χ3n) is 2.76. The molecule has 1 fully saturated rings. The minimum absolute atomic E-state index is 0.0484. The van der Waals surface area contributed by atoms with E-state index in [9.17, 15) is 22.8 Å². The molecule has 0 unspecified atom stereocenters. The normalized spacial score (nSPS) is 19.4. The maximum absolute atomic E-state index is 12.0. The molecule has 0 spiro atoms. The lowest BCUT2D eigenvalue weighted by Gasteiger charge is -2.17. The van der Waals surface area contributed by atoms with Crippen LogP contribution in [0.2, 0.25) is 0 Å². The summed E-state index contributed by atoms with van der Waals surface area (Å²) in [7, 11) is 0. The first-order valence-corrected chi connectivity index (χ1v) is 6.14. The van der Waals surface area contributed by atoms with E-state index >= 15 is 0 Å². The second-order valence-electron chi connectivity index (χ2n) is 4.37. The van der Waals surface area contributed by atoms with E-state index in [0.29, 0.717) is 13.0 Å². The number of hydrogen-bond donors (Lipinski definition) is 1. The molecule has 2 amide bonds. The number of amides is 2. The van der Waals surface area contributed by atoms with Gasteiger partial charge in [0, 0.05) is 19.1 Å². The number of nitrogens with zero attached hydrogens (tertiary/aromatic N) is 1. The molecule has 5 nitrogen and oxygen atoms in total. The minimum atomic E-state index is -4.89. The molecule has 110 valence electrons. The van der Waals surface area contributed by atoms with Gasteiger partial charge >= 0.3 is 18.2 Å². The third-order valence-corrected chi connectivity index (χ3v) is 2.76. The van der Waals surface area contributed by atoms with Crippen LogP contribution in [-0.4, -0.2) is 48.8 Å². The summed E-state index contributed by atoms with van der Waals surface area (Å²) in [6.07, 6.45) is -3.51.